The second-order valence-electron chi connectivity index (χ2n) is 7.34. The lowest BCUT2D eigenvalue weighted by atomic mass is 10.1. The molecule has 37 heavy (non-hydrogen) atoms. The summed E-state index contributed by atoms with van der Waals surface area (Å²) in [5.41, 5.74) is 0.968. The van der Waals surface area contributed by atoms with Crippen LogP contribution in [0.4, 0.5) is 30.2 Å². The van der Waals surface area contributed by atoms with Gasteiger partial charge >= 0.3 is 6.18 Å². The summed E-state index contributed by atoms with van der Waals surface area (Å²) in [5, 5.41) is 26.2. The first-order valence-corrected chi connectivity index (χ1v) is 10.8. The maximum atomic E-state index is 12.9. The van der Waals surface area contributed by atoms with Gasteiger partial charge in [-0.1, -0.05) is 23.7 Å². The highest BCUT2D eigenvalue weighted by Crippen LogP contribution is 2.37. The van der Waals surface area contributed by atoms with Crippen molar-refractivity contribution in [3.63, 3.8) is 0 Å². The zero-order valence-electron chi connectivity index (χ0n) is 19.0. The topological polar surface area (TPSA) is 129 Å². The molecule has 10 nitrogen and oxygen atoms in total. The lowest BCUT2D eigenvalue weighted by Gasteiger charge is -2.14. The first-order chi connectivity index (χ1) is 17.5. The van der Waals surface area contributed by atoms with Gasteiger partial charge in [0.05, 0.1) is 33.3 Å². The van der Waals surface area contributed by atoms with Gasteiger partial charge in [0, 0.05) is 18.2 Å². The van der Waals surface area contributed by atoms with E-state index in [4.69, 9.17) is 21.1 Å². The summed E-state index contributed by atoms with van der Waals surface area (Å²) in [6, 6.07) is 10.9. The van der Waals surface area contributed by atoms with Gasteiger partial charge in [0.1, 0.15) is 12.3 Å². The second kappa shape index (κ2) is 11.6. The minimum atomic E-state index is -4.74. The molecule has 0 heterocycles. The van der Waals surface area contributed by atoms with Crippen LogP contribution in [0.2, 0.25) is 5.02 Å². The standard InChI is InChI=1S/C23H18ClF3N4O6/c1-2-36-21-10-15(9-18(24)22(21)37-13-14-4-3-5-17(8-14)30(32)33)12-28-29-19-7-6-16(23(25,26)27)11-20(19)31(34)35/h3-12,29H,2,13H2,1H3/b28-12-. The number of nitrogens with one attached hydrogen (secondary N) is 1. The summed E-state index contributed by atoms with van der Waals surface area (Å²) in [6.07, 6.45) is -3.50. The van der Waals surface area contributed by atoms with Crippen LogP contribution in [0.15, 0.2) is 59.7 Å². The Hall–Kier alpha value is -4.39. The molecule has 0 aliphatic rings. The number of hydrogen-bond donors (Lipinski definition) is 1. The van der Waals surface area contributed by atoms with Crippen LogP contribution in [0, 0.1) is 20.2 Å². The number of nitrogens with zero attached hydrogens (tertiary/aromatic N) is 3. The molecule has 0 unspecified atom stereocenters. The van der Waals surface area contributed by atoms with Gasteiger partial charge in [0.25, 0.3) is 11.4 Å². The number of nitro groups is 2. The molecule has 3 rings (SSSR count). The van der Waals surface area contributed by atoms with Crippen LogP contribution in [0.1, 0.15) is 23.6 Å². The van der Waals surface area contributed by atoms with E-state index in [1.165, 1.54) is 36.5 Å². The summed E-state index contributed by atoms with van der Waals surface area (Å²) in [6.45, 7) is 1.94. The van der Waals surface area contributed by atoms with Gasteiger partial charge < -0.3 is 9.47 Å². The minimum Gasteiger partial charge on any atom is -0.490 e. The highest BCUT2D eigenvalue weighted by Gasteiger charge is 2.33. The molecule has 0 fully saturated rings. The van der Waals surface area contributed by atoms with Crippen molar-refractivity contribution in [3.8, 4) is 11.5 Å². The van der Waals surface area contributed by atoms with Gasteiger partial charge in [0.2, 0.25) is 0 Å². The molecule has 3 aromatic carbocycles. The molecule has 194 valence electrons. The zero-order chi connectivity index (χ0) is 27.2. The molecule has 3 aromatic rings. The lowest BCUT2D eigenvalue weighted by Crippen LogP contribution is -2.06. The maximum absolute atomic E-state index is 12.9. The van der Waals surface area contributed by atoms with E-state index in [0.717, 1.165) is 6.07 Å². The summed E-state index contributed by atoms with van der Waals surface area (Å²) in [4.78, 5) is 20.7. The third-order valence-corrected chi connectivity index (χ3v) is 5.04. The number of hydrazone groups is 1. The Balaban J connectivity index is 1.80. The number of non-ortho nitro benzene ring substituents is 1. The second-order valence-corrected chi connectivity index (χ2v) is 7.74. The average Bonchev–Trinajstić information content (AvgIpc) is 2.83. The maximum Gasteiger partial charge on any atom is 0.416 e. The Morgan fingerprint density at radius 1 is 1.05 bits per heavy atom. The third-order valence-electron chi connectivity index (χ3n) is 4.76. The number of anilines is 1. The van der Waals surface area contributed by atoms with Gasteiger partial charge in [0.15, 0.2) is 11.5 Å². The fourth-order valence-electron chi connectivity index (χ4n) is 3.11. The van der Waals surface area contributed by atoms with Crippen molar-refractivity contribution in [2.24, 2.45) is 5.10 Å². The van der Waals surface area contributed by atoms with Crippen LogP contribution >= 0.6 is 11.6 Å². The molecule has 0 saturated carbocycles. The Labute approximate surface area is 212 Å². The first-order valence-electron chi connectivity index (χ1n) is 10.5. The van der Waals surface area contributed by atoms with Crippen molar-refractivity contribution in [3.05, 3.63) is 96.5 Å². The number of rotatable bonds is 10. The summed E-state index contributed by atoms with van der Waals surface area (Å²) in [7, 11) is 0. The van der Waals surface area contributed by atoms with Gasteiger partial charge in [-0.3, -0.25) is 25.7 Å². The molecule has 0 bridgehead atoms. The summed E-state index contributed by atoms with van der Waals surface area (Å²) >= 11 is 6.35. The molecule has 0 saturated heterocycles. The van der Waals surface area contributed by atoms with Crippen LogP contribution in [0.25, 0.3) is 0 Å². The van der Waals surface area contributed by atoms with E-state index in [1.54, 1.807) is 13.0 Å². The SMILES string of the molecule is CCOc1cc(/C=N\Nc2ccc(C(F)(F)F)cc2[N+](=O)[O-])cc(Cl)c1OCc1cccc([N+](=O)[O-])c1. The predicted octanol–water partition coefficient (Wildman–Crippen LogP) is 6.60. The van der Waals surface area contributed by atoms with Gasteiger partial charge in [-0.25, -0.2) is 0 Å². The Bertz CT molecular complexity index is 1350. The summed E-state index contributed by atoms with van der Waals surface area (Å²) < 4.78 is 49.9. The molecule has 0 aliphatic carbocycles. The number of alkyl halides is 3. The van der Waals surface area contributed by atoms with Crippen LogP contribution in [-0.4, -0.2) is 22.7 Å². The Kier molecular flexibility index (Phi) is 8.50. The molecular formula is C23H18ClF3N4O6. The monoisotopic (exact) mass is 538 g/mol. The van der Waals surface area contributed by atoms with Crippen molar-refractivity contribution in [1.29, 1.82) is 0 Å². The van der Waals surface area contributed by atoms with E-state index in [-0.39, 0.29) is 41.1 Å². The minimum absolute atomic E-state index is 0.0337. The smallest absolute Gasteiger partial charge is 0.416 e. The molecule has 0 aliphatic heterocycles. The van der Waals surface area contributed by atoms with Crippen LogP contribution in [0.3, 0.4) is 0 Å². The molecule has 14 heteroatoms. The van der Waals surface area contributed by atoms with Gasteiger partial charge in [-0.2, -0.15) is 18.3 Å². The van der Waals surface area contributed by atoms with Crippen molar-refractivity contribution < 1.29 is 32.5 Å². The van der Waals surface area contributed by atoms with Crippen LogP contribution in [-0.2, 0) is 12.8 Å². The van der Waals surface area contributed by atoms with Gasteiger partial charge in [-0.05, 0) is 42.3 Å². The third kappa shape index (κ3) is 7.07. The number of nitro benzene ring substituents is 2. The highest BCUT2D eigenvalue weighted by atomic mass is 35.5. The van der Waals surface area contributed by atoms with E-state index >= 15 is 0 Å². The molecule has 0 spiro atoms. The number of halogens is 4. The number of hydrogen-bond acceptors (Lipinski definition) is 8. The molecular weight excluding hydrogens is 521 g/mol. The van der Waals surface area contributed by atoms with E-state index in [0.29, 0.717) is 23.3 Å². The lowest BCUT2D eigenvalue weighted by molar-refractivity contribution is -0.385. The van der Waals surface area contributed by atoms with Crippen LogP contribution in [0.5, 0.6) is 11.5 Å². The van der Waals surface area contributed by atoms with Crippen molar-refractivity contribution in [2.45, 2.75) is 19.7 Å². The van der Waals surface area contributed by atoms with E-state index in [9.17, 15) is 33.4 Å². The van der Waals surface area contributed by atoms with Crippen molar-refractivity contribution in [1.82, 2.24) is 0 Å². The Morgan fingerprint density at radius 3 is 2.46 bits per heavy atom. The zero-order valence-corrected chi connectivity index (χ0v) is 19.7. The largest absolute Gasteiger partial charge is 0.490 e. The molecule has 1 N–H and O–H groups in total. The molecule has 0 radical (unpaired) electrons. The fourth-order valence-corrected chi connectivity index (χ4v) is 3.38. The van der Waals surface area contributed by atoms with Crippen molar-refractivity contribution in [2.75, 3.05) is 12.0 Å². The molecule has 0 aromatic heterocycles. The van der Waals surface area contributed by atoms with Crippen molar-refractivity contribution >= 4 is 34.9 Å². The average molecular weight is 539 g/mol. The number of benzene rings is 3. The predicted molar refractivity (Wildman–Crippen MR) is 129 cm³/mol. The van der Waals surface area contributed by atoms with E-state index < -0.39 is 27.3 Å². The molecule has 0 amide bonds. The van der Waals surface area contributed by atoms with Gasteiger partial charge in [-0.15, -0.1) is 0 Å². The molecule has 0 atom stereocenters. The van der Waals surface area contributed by atoms with Crippen LogP contribution < -0.4 is 14.9 Å². The normalized spacial score (nSPS) is 11.4. The van der Waals surface area contributed by atoms with E-state index in [2.05, 4.69) is 10.5 Å². The quantitative estimate of drug-likeness (QED) is 0.175. The van der Waals surface area contributed by atoms with E-state index in [1.807, 2.05) is 0 Å². The number of ether oxygens (including phenoxy) is 2. The Morgan fingerprint density at radius 2 is 1.81 bits per heavy atom. The summed E-state index contributed by atoms with van der Waals surface area (Å²) in [5.74, 6) is 0.418. The first kappa shape index (κ1) is 27.2. The highest BCUT2D eigenvalue weighted by molar-refractivity contribution is 6.32. The fraction of sp³-hybridized carbons (Fsp3) is 0.174.